The molecule has 0 bridgehead atoms. The summed E-state index contributed by atoms with van der Waals surface area (Å²) in [6.45, 7) is 1.68. The number of halogens is 3. The summed E-state index contributed by atoms with van der Waals surface area (Å²) in [6.07, 6.45) is 0. The second kappa shape index (κ2) is 6.88. The number of sulfonamides is 1. The van der Waals surface area contributed by atoms with Crippen molar-refractivity contribution in [3.63, 3.8) is 0 Å². The molecule has 3 rings (SSSR count). The number of anilines is 1. The molecule has 8 heteroatoms. The minimum Gasteiger partial charge on any atom is -0.369 e. The molecule has 1 aliphatic rings. The van der Waals surface area contributed by atoms with E-state index in [0.717, 1.165) is 5.69 Å². The second-order valence-corrected chi connectivity index (χ2v) is 8.19. The van der Waals surface area contributed by atoms with Crippen molar-refractivity contribution in [3.05, 3.63) is 58.3 Å². The standard InChI is InChI=1S/C16H15Cl2FN2O2S/c17-12-1-6-15(18)16(11-12)24(22,23)21-9-7-20(8-10-21)14-4-2-13(19)3-5-14/h1-6,11H,7-10H2. The molecule has 128 valence electrons. The van der Waals surface area contributed by atoms with E-state index in [0.29, 0.717) is 31.2 Å². The number of nitrogens with zero attached hydrogens (tertiary/aromatic N) is 2. The second-order valence-electron chi connectivity index (χ2n) is 5.44. The van der Waals surface area contributed by atoms with E-state index in [2.05, 4.69) is 0 Å². The number of piperazine rings is 1. The number of rotatable bonds is 3. The van der Waals surface area contributed by atoms with Gasteiger partial charge in [-0.2, -0.15) is 4.31 Å². The molecule has 0 aliphatic carbocycles. The van der Waals surface area contributed by atoms with Crippen LogP contribution in [0.3, 0.4) is 0 Å². The van der Waals surface area contributed by atoms with E-state index in [9.17, 15) is 12.8 Å². The third-order valence-electron chi connectivity index (χ3n) is 3.94. The normalized spacial score (nSPS) is 16.4. The Bertz CT molecular complexity index is 836. The first-order chi connectivity index (χ1) is 11.4. The fourth-order valence-electron chi connectivity index (χ4n) is 2.65. The zero-order valence-electron chi connectivity index (χ0n) is 12.6. The Morgan fingerprint density at radius 1 is 0.917 bits per heavy atom. The molecule has 24 heavy (non-hydrogen) atoms. The van der Waals surface area contributed by atoms with Crippen LogP contribution in [0, 0.1) is 5.82 Å². The van der Waals surface area contributed by atoms with Crippen LogP contribution in [0.4, 0.5) is 10.1 Å². The smallest absolute Gasteiger partial charge is 0.244 e. The van der Waals surface area contributed by atoms with Gasteiger partial charge in [0, 0.05) is 36.9 Å². The summed E-state index contributed by atoms with van der Waals surface area (Å²) in [5.74, 6) is -0.296. The molecule has 0 radical (unpaired) electrons. The summed E-state index contributed by atoms with van der Waals surface area (Å²) >= 11 is 11.9. The molecule has 0 saturated carbocycles. The minimum atomic E-state index is -3.70. The lowest BCUT2D eigenvalue weighted by Crippen LogP contribution is -2.48. The summed E-state index contributed by atoms with van der Waals surface area (Å²) in [5.41, 5.74) is 0.870. The first kappa shape index (κ1) is 17.5. The van der Waals surface area contributed by atoms with Gasteiger partial charge in [0.25, 0.3) is 0 Å². The lowest BCUT2D eigenvalue weighted by Gasteiger charge is -2.35. The quantitative estimate of drug-likeness (QED) is 0.805. The van der Waals surface area contributed by atoms with E-state index in [1.54, 1.807) is 18.2 Å². The maximum Gasteiger partial charge on any atom is 0.244 e. The van der Waals surface area contributed by atoms with Crippen LogP contribution in [0.2, 0.25) is 10.0 Å². The van der Waals surface area contributed by atoms with Crippen molar-refractivity contribution in [2.45, 2.75) is 4.90 Å². The maximum atomic E-state index is 13.0. The van der Waals surface area contributed by atoms with Crippen LogP contribution in [0.25, 0.3) is 0 Å². The Labute approximate surface area is 150 Å². The van der Waals surface area contributed by atoms with Gasteiger partial charge in [0.2, 0.25) is 10.0 Å². The van der Waals surface area contributed by atoms with Gasteiger partial charge >= 0.3 is 0 Å². The molecule has 1 fully saturated rings. The lowest BCUT2D eigenvalue weighted by molar-refractivity contribution is 0.385. The Balaban J connectivity index is 1.76. The minimum absolute atomic E-state index is 0.0203. The molecular formula is C16H15Cl2FN2O2S. The van der Waals surface area contributed by atoms with E-state index in [-0.39, 0.29) is 15.7 Å². The highest BCUT2D eigenvalue weighted by Crippen LogP contribution is 2.28. The van der Waals surface area contributed by atoms with Gasteiger partial charge in [-0.1, -0.05) is 23.2 Å². The van der Waals surface area contributed by atoms with Crippen LogP contribution in [-0.2, 0) is 10.0 Å². The topological polar surface area (TPSA) is 40.6 Å². The molecule has 1 heterocycles. The van der Waals surface area contributed by atoms with Gasteiger partial charge in [-0.25, -0.2) is 12.8 Å². The fourth-order valence-corrected chi connectivity index (χ4v) is 4.81. The Morgan fingerprint density at radius 2 is 1.54 bits per heavy atom. The molecule has 0 N–H and O–H groups in total. The van der Waals surface area contributed by atoms with Gasteiger partial charge in [0.15, 0.2) is 0 Å². The molecule has 0 aromatic heterocycles. The largest absolute Gasteiger partial charge is 0.369 e. The van der Waals surface area contributed by atoms with E-state index < -0.39 is 10.0 Å². The molecule has 0 amide bonds. The molecular weight excluding hydrogens is 374 g/mol. The molecule has 2 aromatic carbocycles. The van der Waals surface area contributed by atoms with Crippen molar-refractivity contribution in [2.75, 3.05) is 31.1 Å². The highest BCUT2D eigenvalue weighted by atomic mass is 35.5. The van der Waals surface area contributed by atoms with Crippen LogP contribution in [0.15, 0.2) is 47.4 Å². The monoisotopic (exact) mass is 388 g/mol. The maximum absolute atomic E-state index is 13.0. The van der Waals surface area contributed by atoms with Crippen LogP contribution in [0.1, 0.15) is 0 Å². The van der Waals surface area contributed by atoms with Crippen molar-refractivity contribution in [3.8, 4) is 0 Å². The molecule has 4 nitrogen and oxygen atoms in total. The highest BCUT2D eigenvalue weighted by Gasteiger charge is 2.30. The summed E-state index contributed by atoms with van der Waals surface area (Å²) in [5, 5.41) is 0.475. The average Bonchev–Trinajstić information content (AvgIpc) is 2.58. The zero-order valence-corrected chi connectivity index (χ0v) is 15.0. The summed E-state index contributed by atoms with van der Waals surface area (Å²) < 4.78 is 39.9. The van der Waals surface area contributed by atoms with Crippen molar-refractivity contribution >= 4 is 38.9 Å². The number of hydrogen-bond acceptors (Lipinski definition) is 3. The van der Waals surface area contributed by atoms with Gasteiger partial charge in [-0.3, -0.25) is 0 Å². The molecule has 1 aliphatic heterocycles. The van der Waals surface area contributed by atoms with E-state index in [1.807, 2.05) is 4.90 Å². The van der Waals surface area contributed by atoms with Crippen LogP contribution >= 0.6 is 23.2 Å². The fraction of sp³-hybridized carbons (Fsp3) is 0.250. The highest BCUT2D eigenvalue weighted by molar-refractivity contribution is 7.89. The van der Waals surface area contributed by atoms with Crippen LogP contribution in [0.5, 0.6) is 0 Å². The molecule has 1 saturated heterocycles. The Kier molecular flexibility index (Phi) is 5.01. The summed E-state index contributed by atoms with van der Waals surface area (Å²) in [6, 6.07) is 10.6. The van der Waals surface area contributed by atoms with Gasteiger partial charge in [-0.05, 0) is 42.5 Å². The summed E-state index contributed by atoms with van der Waals surface area (Å²) in [4.78, 5) is 2.04. The van der Waals surface area contributed by atoms with Crippen LogP contribution in [-0.4, -0.2) is 38.9 Å². The van der Waals surface area contributed by atoms with Crippen molar-refractivity contribution in [2.24, 2.45) is 0 Å². The third-order valence-corrected chi connectivity index (χ3v) is 6.56. The van der Waals surface area contributed by atoms with E-state index in [4.69, 9.17) is 23.2 Å². The van der Waals surface area contributed by atoms with Crippen molar-refractivity contribution < 1.29 is 12.8 Å². The van der Waals surface area contributed by atoms with E-state index >= 15 is 0 Å². The lowest BCUT2D eigenvalue weighted by atomic mass is 10.2. The third kappa shape index (κ3) is 3.52. The van der Waals surface area contributed by atoms with Crippen LogP contribution < -0.4 is 4.90 Å². The molecule has 0 spiro atoms. The van der Waals surface area contributed by atoms with Gasteiger partial charge < -0.3 is 4.90 Å². The predicted octanol–water partition coefficient (Wildman–Crippen LogP) is 3.64. The first-order valence-corrected chi connectivity index (χ1v) is 9.53. The van der Waals surface area contributed by atoms with Gasteiger partial charge in [0.1, 0.15) is 10.7 Å². The van der Waals surface area contributed by atoms with Crippen molar-refractivity contribution in [1.82, 2.24) is 4.31 Å². The molecule has 0 atom stereocenters. The van der Waals surface area contributed by atoms with Gasteiger partial charge in [-0.15, -0.1) is 0 Å². The Morgan fingerprint density at radius 3 is 2.17 bits per heavy atom. The Hall–Kier alpha value is -1.34. The van der Waals surface area contributed by atoms with E-state index in [1.165, 1.54) is 28.6 Å². The number of hydrogen-bond donors (Lipinski definition) is 0. The number of benzene rings is 2. The SMILES string of the molecule is O=S(=O)(c1cc(Cl)ccc1Cl)N1CCN(c2ccc(F)cc2)CC1. The predicted molar refractivity (Wildman–Crippen MR) is 93.8 cm³/mol. The summed E-state index contributed by atoms with van der Waals surface area (Å²) in [7, 11) is -3.70. The van der Waals surface area contributed by atoms with Gasteiger partial charge in [0.05, 0.1) is 5.02 Å². The zero-order chi connectivity index (χ0) is 17.3. The molecule has 0 unspecified atom stereocenters. The average molecular weight is 389 g/mol. The van der Waals surface area contributed by atoms with Crippen molar-refractivity contribution in [1.29, 1.82) is 0 Å². The first-order valence-electron chi connectivity index (χ1n) is 7.33. The molecule has 2 aromatic rings.